The van der Waals surface area contributed by atoms with Crippen LogP contribution < -0.4 is 10.6 Å². The largest absolute Gasteiger partial charge is 0.398 e. The van der Waals surface area contributed by atoms with Crippen molar-refractivity contribution in [3.05, 3.63) is 47.1 Å². The minimum absolute atomic E-state index is 0.865. The predicted octanol–water partition coefficient (Wildman–Crippen LogP) is 2.84. The van der Waals surface area contributed by atoms with Gasteiger partial charge in [0.2, 0.25) is 0 Å². The number of hydrogen-bond acceptors (Lipinski definition) is 5. The second-order valence-corrected chi connectivity index (χ2v) is 5.90. The van der Waals surface area contributed by atoms with E-state index in [-0.39, 0.29) is 0 Å². The van der Waals surface area contributed by atoms with E-state index < -0.39 is 0 Å². The van der Waals surface area contributed by atoms with Crippen molar-refractivity contribution in [3.8, 4) is 0 Å². The van der Waals surface area contributed by atoms with E-state index in [4.69, 9.17) is 5.73 Å². The molecule has 3 aromatic rings. The summed E-state index contributed by atoms with van der Waals surface area (Å²) in [5.41, 5.74) is 10.6. The van der Waals surface area contributed by atoms with E-state index in [1.165, 1.54) is 15.8 Å². The summed E-state index contributed by atoms with van der Waals surface area (Å²) in [6, 6.07) is 8.21. The molecule has 1 aromatic carbocycles. The van der Waals surface area contributed by atoms with Gasteiger partial charge in [-0.2, -0.15) is 0 Å². The molecule has 0 spiro atoms. The molecule has 0 radical (unpaired) electrons. The fourth-order valence-electron chi connectivity index (χ4n) is 2.82. The highest BCUT2D eigenvalue weighted by Gasteiger charge is 2.21. The van der Waals surface area contributed by atoms with Crippen molar-refractivity contribution in [1.82, 2.24) is 9.97 Å². The minimum atomic E-state index is 0.865. The highest BCUT2D eigenvalue weighted by atomic mass is 32.1. The minimum Gasteiger partial charge on any atom is -0.398 e. The van der Waals surface area contributed by atoms with Crippen molar-refractivity contribution in [1.29, 1.82) is 0 Å². The number of benzene rings is 1. The summed E-state index contributed by atoms with van der Waals surface area (Å²) in [4.78, 5) is 11.1. The SMILES string of the molecule is Nc1cccc2c1CCN(c1ncnc3ccsc13)C2. The number of hydrogen-bond donors (Lipinski definition) is 1. The number of nitrogens with two attached hydrogens (primary N) is 1. The molecule has 1 aliphatic heterocycles. The number of fused-ring (bicyclic) bond motifs is 2. The van der Waals surface area contributed by atoms with Crippen LogP contribution in [0.5, 0.6) is 0 Å². The van der Waals surface area contributed by atoms with Crippen molar-refractivity contribution in [2.45, 2.75) is 13.0 Å². The summed E-state index contributed by atoms with van der Waals surface area (Å²) in [6.45, 7) is 1.82. The van der Waals surface area contributed by atoms with Crippen LogP contribution in [0.3, 0.4) is 0 Å². The number of nitrogen functional groups attached to an aromatic ring is 1. The fraction of sp³-hybridized carbons (Fsp3) is 0.200. The first kappa shape index (κ1) is 11.7. The van der Waals surface area contributed by atoms with Gasteiger partial charge < -0.3 is 10.6 Å². The van der Waals surface area contributed by atoms with E-state index in [1.54, 1.807) is 17.7 Å². The lowest BCUT2D eigenvalue weighted by Crippen LogP contribution is -2.31. The molecule has 4 nitrogen and oxygen atoms in total. The molecule has 0 atom stereocenters. The van der Waals surface area contributed by atoms with Crippen LogP contribution in [0.25, 0.3) is 10.2 Å². The number of nitrogens with zero attached hydrogens (tertiary/aromatic N) is 3. The highest BCUT2D eigenvalue weighted by molar-refractivity contribution is 7.17. The summed E-state index contributed by atoms with van der Waals surface area (Å²) in [7, 11) is 0. The smallest absolute Gasteiger partial charge is 0.150 e. The Morgan fingerprint density at radius 2 is 2.15 bits per heavy atom. The number of rotatable bonds is 1. The molecule has 100 valence electrons. The fourth-order valence-corrected chi connectivity index (χ4v) is 3.68. The molecule has 0 unspecified atom stereocenters. The van der Waals surface area contributed by atoms with Crippen LogP contribution in [0, 0.1) is 0 Å². The molecule has 0 aliphatic carbocycles. The molecule has 0 fully saturated rings. The summed E-state index contributed by atoms with van der Waals surface area (Å²) >= 11 is 1.70. The topological polar surface area (TPSA) is 55.0 Å². The maximum Gasteiger partial charge on any atom is 0.150 e. The summed E-state index contributed by atoms with van der Waals surface area (Å²) < 4.78 is 1.17. The Morgan fingerprint density at radius 3 is 3.10 bits per heavy atom. The van der Waals surface area contributed by atoms with Gasteiger partial charge in [0, 0.05) is 18.8 Å². The van der Waals surface area contributed by atoms with Crippen LogP contribution in [-0.4, -0.2) is 16.5 Å². The lowest BCUT2D eigenvalue weighted by Gasteiger charge is -2.30. The Hall–Kier alpha value is -2.14. The molecule has 1 aliphatic rings. The van der Waals surface area contributed by atoms with E-state index in [0.29, 0.717) is 0 Å². The summed E-state index contributed by atoms with van der Waals surface area (Å²) in [5.74, 6) is 1.04. The van der Waals surface area contributed by atoms with Crippen LogP contribution in [0.2, 0.25) is 0 Å². The van der Waals surface area contributed by atoms with E-state index in [1.807, 2.05) is 18.2 Å². The lowest BCUT2D eigenvalue weighted by molar-refractivity contribution is 0.725. The Bertz CT molecular complexity index is 780. The predicted molar refractivity (Wildman–Crippen MR) is 83.0 cm³/mol. The quantitative estimate of drug-likeness (QED) is 0.697. The highest BCUT2D eigenvalue weighted by Crippen LogP contribution is 2.32. The molecule has 2 aromatic heterocycles. The molecule has 20 heavy (non-hydrogen) atoms. The third-order valence-electron chi connectivity index (χ3n) is 3.83. The van der Waals surface area contributed by atoms with Crippen LogP contribution in [0.4, 0.5) is 11.5 Å². The molecular weight excluding hydrogens is 268 g/mol. The van der Waals surface area contributed by atoms with Crippen LogP contribution in [0.1, 0.15) is 11.1 Å². The van der Waals surface area contributed by atoms with Gasteiger partial charge in [0.25, 0.3) is 0 Å². The maximum atomic E-state index is 6.06. The van der Waals surface area contributed by atoms with Gasteiger partial charge in [-0.25, -0.2) is 9.97 Å². The Labute approximate surface area is 120 Å². The van der Waals surface area contributed by atoms with E-state index >= 15 is 0 Å². The zero-order valence-corrected chi connectivity index (χ0v) is 11.7. The monoisotopic (exact) mass is 282 g/mol. The van der Waals surface area contributed by atoms with Crippen molar-refractivity contribution in [2.75, 3.05) is 17.2 Å². The van der Waals surface area contributed by atoms with Crippen molar-refractivity contribution in [3.63, 3.8) is 0 Å². The van der Waals surface area contributed by atoms with Crippen LogP contribution >= 0.6 is 11.3 Å². The van der Waals surface area contributed by atoms with Gasteiger partial charge in [-0.05, 0) is 35.1 Å². The second kappa shape index (κ2) is 4.45. The first-order chi connectivity index (χ1) is 9.83. The van der Waals surface area contributed by atoms with Crippen LogP contribution in [0.15, 0.2) is 36.0 Å². The van der Waals surface area contributed by atoms with Gasteiger partial charge in [0.1, 0.15) is 12.1 Å². The number of aromatic nitrogens is 2. The summed E-state index contributed by atoms with van der Waals surface area (Å²) in [5, 5.41) is 2.07. The van der Waals surface area contributed by atoms with Crippen molar-refractivity contribution >= 4 is 33.1 Å². The zero-order chi connectivity index (χ0) is 13.5. The molecule has 3 heterocycles. The number of anilines is 2. The molecule has 4 rings (SSSR count). The van der Waals surface area contributed by atoms with Gasteiger partial charge in [-0.15, -0.1) is 11.3 Å². The third-order valence-corrected chi connectivity index (χ3v) is 4.73. The number of thiophene rings is 1. The molecule has 2 N–H and O–H groups in total. The molecule has 0 saturated carbocycles. The molecule has 0 amide bonds. The van der Waals surface area contributed by atoms with Gasteiger partial charge in [0.05, 0.1) is 10.2 Å². The standard InChI is InChI=1S/C15H14N4S/c16-12-3-1-2-10-8-19(6-4-11(10)12)15-14-13(5-7-20-14)17-9-18-15/h1-3,5,7,9H,4,6,8,16H2. The molecule has 0 saturated heterocycles. The van der Waals surface area contributed by atoms with E-state index in [2.05, 4.69) is 26.3 Å². The summed E-state index contributed by atoms with van der Waals surface area (Å²) in [6.07, 6.45) is 2.62. The third kappa shape index (κ3) is 1.74. The van der Waals surface area contributed by atoms with Gasteiger partial charge in [0.15, 0.2) is 0 Å². The second-order valence-electron chi connectivity index (χ2n) is 4.99. The zero-order valence-electron chi connectivity index (χ0n) is 10.9. The first-order valence-corrected chi connectivity index (χ1v) is 7.50. The lowest BCUT2D eigenvalue weighted by atomic mass is 9.98. The van der Waals surface area contributed by atoms with Crippen molar-refractivity contribution in [2.24, 2.45) is 0 Å². The van der Waals surface area contributed by atoms with Gasteiger partial charge >= 0.3 is 0 Å². The average Bonchev–Trinajstić information content (AvgIpc) is 2.95. The average molecular weight is 282 g/mol. The van der Waals surface area contributed by atoms with E-state index in [9.17, 15) is 0 Å². The maximum absolute atomic E-state index is 6.06. The van der Waals surface area contributed by atoms with Crippen LogP contribution in [-0.2, 0) is 13.0 Å². The normalized spacial score (nSPS) is 14.5. The van der Waals surface area contributed by atoms with E-state index in [0.717, 1.165) is 36.5 Å². The Balaban J connectivity index is 1.77. The van der Waals surface area contributed by atoms with Gasteiger partial charge in [-0.1, -0.05) is 12.1 Å². The van der Waals surface area contributed by atoms with Crippen molar-refractivity contribution < 1.29 is 0 Å². The van der Waals surface area contributed by atoms with Gasteiger partial charge in [-0.3, -0.25) is 0 Å². The first-order valence-electron chi connectivity index (χ1n) is 6.62. The Kier molecular flexibility index (Phi) is 2.60. The Morgan fingerprint density at radius 1 is 1.20 bits per heavy atom. The molecule has 5 heteroatoms. The molecule has 0 bridgehead atoms. The molecular formula is C15H14N4S.